The molecule has 0 unspecified atom stereocenters. The van der Waals surface area contributed by atoms with E-state index in [0.717, 1.165) is 44.5 Å². The predicted molar refractivity (Wildman–Crippen MR) is 142 cm³/mol. The van der Waals surface area contributed by atoms with Gasteiger partial charge in [-0.1, -0.05) is 6.07 Å². The van der Waals surface area contributed by atoms with Gasteiger partial charge < -0.3 is 19.9 Å². The van der Waals surface area contributed by atoms with Crippen LogP contribution in [0.1, 0.15) is 31.3 Å². The number of likely N-dealkylation sites (tertiary alicyclic amines) is 1. The lowest BCUT2D eigenvalue weighted by Crippen LogP contribution is -2.47. The molecule has 2 N–H and O–H groups in total. The van der Waals surface area contributed by atoms with Crippen molar-refractivity contribution < 1.29 is 13.5 Å². The van der Waals surface area contributed by atoms with E-state index in [9.17, 15) is 8.78 Å². The van der Waals surface area contributed by atoms with E-state index in [1.165, 1.54) is 6.07 Å². The van der Waals surface area contributed by atoms with E-state index in [0.29, 0.717) is 34.6 Å². The molecule has 0 aliphatic carbocycles. The van der Waals surface area contributed by atoms with Crippen LogP contribution in [0.5, 0.6) is 0 Å². The highest BCUT2D eigenvalue weighted by molar-refractivity contribution is 5.84. The number of anilines is 2. The van der Waals surface area contributed by atoms with E-state index in [4.69, 9.17) is 4.74 Å². The second-order valence-corrected chi connectivity index (χ2v) is 10.3. The molecule has 198 valence electrons. The van der Waals surface area contributed by atoms with Crippen LogP contribution in [0.3, 0.4) is 0 Å². The van der Waals surface area contributed by atoms with Gasteiger partial charge in [0.15, 0.2) is 5.82 Å². The Morgan fingerprint density at radius 3 is 2.68 bits per heavy atom. The van der Waals surface area contributed by atoms with E-state index in [2.05, 4.69) is 30.5 Å². The van der Waals surface area contributed by atoms with Crippen LogP contribution in [0.15, 0.2) is 42.7 Å². The van der Waals surface area contributed by atoms with Crippen LogP contribution in [0.4, 0.5) is 20.4 Å². The van der Waals surface area contributed by atoms with Crippen LogP contribution in [-0.2, 0) is 11.3 Å². The lowest BCUT2D eigenvalue weighted by Gasteiger charge is -2.25. The Bertz CT molecular complexity index is 1460. The fourth-order valence-corrected chi connectivity index (χ4v) is 5.59. The van der Waals surface area contributed by atoms with Gasteiger partial charge in [0.05, 0.1) is 24.4 Å². The highest BCUT2D eigenvalue weighted by atomic mass is 19.1. The molecule has 0 amide bonds. The van der Waals surface area contributed by atoms with Crippen molar-refractivity contribution in [3.8, 4) is 11.1 Å². The van der Waals surface area contributed by atoms with E-state index < -0.39 is 11.6 Å². The number of benzene rings is 1. The maximum absolute atomic E-state index is 15.0. The van der Waals surface area contributed by atoms with Crippen LogP contribution < -0.4 is 10.6 Å². The van der Waals surface area contributed by atoms with Crippen molar-refractivity contribution in [1.29, 1.82) is 0 Å². The first-order valence-corrected chi connectivity index (χ1v) is 13.0. The average Bonchev–Trinajstić information content (AvgIpc) is 3.46. The number of fused-ring (bicyclic) bond motifs is 2. The Morgan fingerprint density at radius 2 is 1.92 bits per heavy atom. The van der Waals surface area contributed by atoms with Gasteiger partial charge in [0.2, 0.25) is 0 Å². The molecule has 0 radical (unpaired) electrons. The Kier molecular flexibility index (Phi) is 6.55. The van der Waals surface area contributed by atoms with Gasteiger partial charge in [-0.15, -0.1) is 0 Å². The van der Waals surface area contributed by atoms with Gasteiger partial charge in [0, 0.05) is 50.0 Å². The summed E-state index contributed by atoms with van der Waals surface area (Å²) < 4.78 is 37.7. The molecule has 1 aromatic carbocycles. The van der Waals surface area contributed by atoms with Gasteiger partial charge >= 0.3 is 0 Å². The lowest BCUT2D eigenvalue weighted by molar-refractivity contribution is 0.0175. The second kappa shape index (κ2) is 10.0. The van der Waals surface area contributed by atoms with Gasteiger partial charge in [-0.2, -0.15) is 0 Å². The van der Waals surface area contributed by atoms with Crippen LogP contribution in [-0.4, -0.2) is 62.8 Å². The number of halogens is 2. The molecule has 3 aromatic heterocycles. The average molecular weight is 520 g/mol. The van der Waals surface area contributed by atoms with Gasteiger partial charge in [-0.3, -0.25) is 4.90 Å². The molecule has 38 heavy (non-hydrogen) atoms. The summed E-state index contributed by atoms with van der Waals surface area (Å²) >= 11 is 0. The van der Waals surface area contributed by atoms with Crippen molar-refractivity contribution in [2.75, 3.05) is 31.6 Å². The largest absolute Gasteiger partial charge is 0.374 e. The number of hydrogen-bond donors (Lipinski definition) is 2. The molecule has 0 bridgehead atoms. The van der Waals surface area contributed by atoms with Crippen molar-refractivity contribution in [1.82, 2.24) is 29.7 Å². The number of ether oxygens (including phenoxy) is 1. The molecule has 2 atom stereocenters. The SMILES string of the molecule is Cc1nc2c(F)cc(-c3cc(Nc4ccc(CN5C[C@@H]6OCCN[C@@H]6C5)cn4)ncc3F)cc2n1C(C)C. The number of pyridine rings is 2. The molecular formula is C28H31F2N7O. The van der Waals surface area contributed by atoms with Crippen molar-refractivity contribution in [3.63, 3.8) is 0 Å². The highest BCUT2D eigenvalue weighted by Gasteiger charge is 2.35. The fourth-order valence-electron chi connectivity index (χ4n) is 5.59. The summed E-state index contributed by atoms with van der Waals surface area (Å²) in [6.07, 6.45) is 3.23. The summed E-state index contributed by atoms with van der Waals surface area (Å²) in [4.78, 5) is 15.4. The topological polar surface area (TPSA) is 80.1 Å². The Hall–Kier alpha value is -3.47. The quantitative estimate of drug-likeness (QED) is 0.386. The molecule has 4 aromatic rings. The molecule has 2 aliphatic rings. The molecular weight excluding hydrogens is 488 g/mol. The molecule has 5 heterocycles. The normalized spacial score (nSPS) is 19.8. The third kappa shape index (κ3) is 4.75. The Labute approximate surface area is 220 Å². The van der Waals surface area contributed by atoms with E-state index in [-0.39, 0.29) is 23.2 Å². The van der Waals surface area contributed by atoms with Crippen molar-refractivity contribution in [2.45, 2.75) is 45.5 Å². The molecule has 8 nitrogen and oxygen atoms in total. The maximum Gasteiger partial charge on any atom is 0.151 e. The number of nitrogens with one attached hydrogen (secondary N) is 2. The van der Waals surface area contributed by atoms with Gasteiger partial charge in [0.25, 0.3) is 0 Å². The monoisotopic (exact) mass is 519 g/mol. The number of imidazole rings is 1. The first kappa shape index (κ1) is 24.8. The van der Waals surface area contributed by atoms with E-state index in [1.807, 2.05) is 43.7 Å². The van der Waals surface area contributed by atoms with Gasteiger partial charge in [-0.25, -0.2) is 23.7 Å². The Balaban J connectivity index is 1.20. The third-order valence-electron chi connectivity index (χ3n) is 7.28. The van der Waals surface area contributed by atoms with Crippen molar-refractivity contribution in [2.24, 2.45) is 0 Å². The molecule has 2 fully saturated rings. The third-order valence-corrected chi connectivity index (χ3v) is 7.28. The van der Waals surface area contributed by atoms with Crippen LogP contribution in [0.2, 0.25) is 0 Å². The summed E-state index contributed by atoms with van der Waals surface area (Å²) in [6.45, 7) is 10.2. The van der Waals surface area contributed by atoms with Crippen molar-refractivity contribution >= 4 is 22.7 Å². The van der Waals surface area contributed by atoms with Crippen LogP contribution in [0, 0.1) is 18.6 Å². The molecule has 10 heteroatoms. The number of morpholine rings is 1. The second-order valence-electron chi connectivity index (χ2n) is 10.3. The zero-order chi connectivity index (χ0) is 26.4. The van der Waals surface area contributed by atoms with Crippen LogP contribution >= 0.6 is 0 Å². The number of nitrogens with zero attached hydrogens (tertiary/aromatic N) is 5. The maximum atomic E-state index is 15.0. The summed E-state index contributed by atoms with van der Waals surface area (Å²) in [5.41, 5.74) is 2.69. The van der Waals surface area contributed by atoms with Crippen LogP contribution in [0.25, 0.3) is 22.2 Å². The first-order chi connectivity index (χ1) is 18.4. The predicted octanol–water partition coefficient (Wildman–Crippen LogP) is 4.58. The van der Waals surface area contributed by atoms with Gasteiger partial charge in [0.1, 0.15) is 28.8 Å². The summed E-state index contributed by atoms with van der Waals surface area (Å²) in [6, 6.07) is 9.06. The fraction of sp³-hybridized carbons (Fsp3) is 0.393. The molecule has 0 spiro atoms. The van der Waals surface area contributed by atoms with Gasteiger partial charge in [-0.05, 0) is 56.2 Å². The highest BCUT2D eigenvalue weighted by Crippen LogP contribution is 2.32. The zero-order valence-electron chi connectivity index (χ0n) is 21.7. The summed E-state index contributed by atoms with van der Waals surface area (Å²) in [7, 11) is 0. The standard InChI is InChI=1S/C28H31F2N7O/c1-16(2)37-17(3)34-28-21(29)8-19(9-24(28)37)20-10-27(33-12-22(20)30)35-26-5-4-18(11-32-26)13-36-14-23-25(15-36)38-7-6-31-23/h4-5,8-12,16,23,25,31H,6-7,13-15H2,1-3H3,(H,32,33,35)/t23-,25+/m1/s1. The number of aromatic nitrogens is 4. The zero-order valence-corrected chi connectivity index (χ0v) is 21.7. The molecule has 2 aliphatic heterocycles. The number of rotatable bonds is 6. The number of aryl methyl sites for hydroxylation is 1. The number of hydrogen-bond acceptors (Lipinski definition) is 7. The minimum atomic E-state index is -0.533. The minimum Gasteiger partial charge on any atom is -0.374 e. The summed E-state index contributed by atoms with van der Waals surface area (Å²) in [5, 5.41) is 6.67. The molecule has 2 saturated heterocycles. The van der Waals surface area contributed by atoms with E-state index >= 15 is 0 Å². The Morgan fingerprint density at radius 1 is 1.08 bits per heavy atom. The molecule has 0 saturated carbocycles. The first-order valence-electron chi connectivity index (χ1n) is 13.0. The lowest BCUT2D eigenvalue weighted by atomic mass is 10.0. The molecule has 6 rings (SSSR count). The van der Waals surface area contributed by atoms with Crippen molar-refractivity contribution in [3.05, 3.63) is 65.7 Å². The van der Waals surface area contributed by atoms with E-state index in [1.54, 1.807) is 12.1 Å². The smallest absolute Gasteiger partial charge is 0.151 e. The summed E-state index contributed by atoms with van der Waals surface area (Å²) in [5.74, 6) is 0.708. The minimum absolute atomic E-state index is 0.0859.